The van der Waals surface area contributed by atoms with Crippen LogP contribution in [0.2, 0.25) is 0 Å². The molecule has 0 fully saturated rings. The van der Waals surface area contributed by atoms with Gasteiger partial charge in [0.2, 0.25) is 0 Å². The number of alkyl halides is 3. The minimum atomic E-state index is -4.26. The fraction of sp³-hybridized carbons (Fsp3) is 0.300. The van der Waals surface area contributed by atoms with E-state index in [4.69, 9.17) is 5.26 Å². The molecule has 0 aliphatic rings. The maximum Gasteiger partial charge on any atom is 0.393 e. The molecule has 0 heterocycles. The van der Waals surface area contributed by atoms with Gasteiger partial charge in [0.05, 0.1) is 18.1 Å². The van der Waals surface area contributed by atoms with Gasteiger partial charge >= 0.3 is 6.18 Å². The van der Waals surface area contributed by atoms with E-state index in [-0.39, 0.29) is 11.1 Å². The maximum atomic E-state index is 12.0. The number of hydrogen-bond acceptors (Lipinski definition) is 1. The lowest BCUT2D eigenvalue weighted by molar-refractivity contribution is -0.127. The van der Waals surface area contributed by atoms with Crippen molar-refractivity contribution in [1.82, 2.24) is 0 Å². The summed E-state index contributed by atoms with van der Waals surface area (Å²) in [6.07, 6.45) is -5.31. The number of nitrogens with zero attached hydrogens (tertiary/aromatic N) is 1. The first kappa shape index (κ1) is 10.6. The third kappa shape index (κ3) is 2.77. The molecule has 4 heteroatoms. The number of hydrogen-bond donors (Lipinski definition) is 0. The molecule has 0 amide bonds. The quantitative estimate of drug-likeness (QED) is 0.682. The third-order valence-electron chi connectivity index (χ3n) is 1.78. The number of benzene rings is 1. The number of nitriles is 1. The minimum absolute atomic E-state index is 0.0330. The van der Waals surface area contributed by atoms with Gasteiger partial charge in [0.15, 0.2) is 0 Å². The van der Waals surface area contributed by atoms with Crippen LogP contribution in [0.3, 0.4) is 0 Å². The van der Waals surface area contributed by atoms with E-state index >= 15 is 0 Å². The van der Waals surface area contributed by atoms with Gasteiger partial charge in [-0.3, -0.25) is 0 Å². The zero-order chi connectivity index (χ0) is 10.8. The SMILES string of the molecule is Cc1ccc(CC(F)(F)F)c(C#N)c1. The summed E-state index contributed by atoms with van der Waals surface area (Å²) in [5.74, 6) is 0. The van der Waals surface area contributed by atoms with Gasteiger partial charge in [0, 0.05) is 0 Å². The fourth-order valence-corrected chi connectivity index (χ4v) is 1.16. The Balaban J connectivity index is 3.05. The molecule has 0 spiro atoms. The van der Waals surface area contributed by atoms with Crippen LogP contribution in [-0.4, -0.2) is 6.18 Å². The Morgan fingerprint density at radius 2 is 2.00 bits per heavy atom. The smallest absolute Gasteiger partial charge is 0.192 e. The first-order valence-corrected chi connectivity index (χ1v) is 3.99. The van der Waals surface area contributed by atoms with Crippen LogP contribution >= 0.6 is 0 Å². The van der Waals surface area contributed by atoms with Crippen LogP contribution in [0.25, 0.3) is 0 Å². The van der Waals surface area contributed by atoms with Gasteiger partial charge in [-0.25, -0.2) is 0 Å². The molecule has 1 aromatic carbocycles. The third-order valence-corrected chi connectivity index (χ3v) is 1.78. The lowest BCUT2D eigenvalue weighted by atomic mass is 10.0. The highest BCUT2D eigenvalue weighted by molar-refractivity contribution is 5.40. The zero-order valence-electron chi connectivity index (χ0n) is 7.52. The van der Waals surface area contributed by atoms with E-state index in [0.717, 1.165) is 5.56 Å². The van der Waals surface area contributed by atoms with Crippen molar-refractivity contribution in [2.45, 2.75) is 19.5 Å². The molecular weight excluding hydrogens is 191 g/mol. The van der Waals surface area contributed by atoms with Crippen molar-refractivity contribution in [2.75, 3.05) is 0 Å². The number of rotatable bonds is 1. The molecule has 0 saturated heterocycles. The van der Waals surface area contributed by atoms with Crippen LogP contribution in [0.4, 0.5) is 13.2 Å². The van der Waals surface area contributed by atoms with Gasteiger partial charge in [-0.15, -0.1) is 0 Å². The lowest BCUT2D eigenvalue weighted by Gasteiger charge is -2.08. The Morgan fingerprint density at radius 1 is 1.36 bits per heavy atom. The molecule has 14 heavy (non-hydrogen) atoms. The molecule has 0 aromatic heterocycles. The van der Waals surface area contributed by atoms with Crippen molar-refractivity contribution >= 4 is 0 Å². The van der Waals surface area contributed by atoms with Gasteiger partial charge in [0.1, 0.15) is 0 Å². The molecule has 1 rings (SSSR count). The summed E-state index contributed by atoms with van der Waals surface area (Å²) < 4.78 is 36.1. The summed E-state index contributed by atoms with van der Waals surface area (Å²) in [7, 11) is 0. The number of aryl methyl sites for hydroxylation is 1. The van der Waals surface area contributed by atoms with Crippen LogP contribution < -0.4 is 0 Å². The molecule has 0 aliphatic carbocycles. The molecule has 0 N–H and O–H groups in total. The van der Waals surface area contributed by atoms with Crippen molar-refractivity contribution in [3.05, 3.63) is 34.9 Å². The summed E-state index contributed by atoms with van der Waals surface area (Å²) in [4.78, 5) is 0. The largest absolute Gasteiger partial charge is 0.393 e. The van der Waals surface area contributed by atoms with E-state index in [9.17, 15) is 13.2 Å². The Hall–Kier alpha value is -1.50. The second-order valence-electron chi connectivity index (χ2n) is 3.06. The molecule has 0 unspecified atom stereocenters. The average molecular weight is 199 g/mol. The molecule has 74 valence electrons. The molecule has 1 nitrogen and oxygen atoms in total. The monoisotopic (exact) mass is 199 g/mol. The Bertz CT molecular complexity index is 374. The van der Waals surface area contributed by atoms with Crippen molar-refractivity contribution in [1.29, 1.82) is 5.26 Å². The Labute approximate surface area is 79.8 Å². The summed E-state index contributed by atoms with van der Waals surface area (Å²) in [6, 6.07) is 6.14. The van der Waals surface area contributed by atoms with Gasteiger partial charge < -0.3 is 0 Å². The van der Waals surface area contributed by atoms with Gasteiger partial charge in [0.25, 0.3) is 0 Å². The minimum Gasteiger partial charge on any atom is -0.192 e. The first-order chi connectivity index (χ1) is 6.42. The van der Waals surface area contributed by atoms with E-state index in [1.165, 1.54) is 12.1 Å². The standard InChI is InChI=1S/C10H8F3N/c1-7-2-3-8(5-10(11,12)13)9(4-7)6-14/h2-4H,5H2,1H3. The molecule has 0 bridgehead atoms. The molecular formula is C10H8F3N. The van der Waals surface area contributed by atoms with Crippen LogP contribution in [-0.2, 0) is 6.42 Å². The predicted molar refractivity (Wildman–Crippen MR) is 45.7 cm³/mol. The van der Waals surface area contributed by atoms with Crippen molar-refractivity contribution in [2.24, 2.45) is 0 Å². The molecule has 1 aromatic rings. The fourth-order valence-electron chi connectivity index (χ4n) is 1.16. The lowest BCUT2D eigenvalue weighted by Crippen LogP contribution is -2.12. The summed E-state index contributed by atoms with van der Waals surface area (Å²) >= 11 is 0. The maximum absolute atomic E-state index is 12.0. The van der Waals surface area contributed by atoms with Crippen LogP contribution in [0.5, 0.6) is 0 Å². The molecule has 0 atom stereocenters. The van der Waals surface area contributed by atoms with Crippen molar-refractivity contribution in [3.8, 4) is 6.07 Å². The Kier molecular flexibility index (Phi) is 2.80. The van der Waals surface area contributed by atoms with Crippen LogP contribution in [0, 0.1) is 18.3 Å². The number of halogens is 3. The van der Waals surface area contributed by atoms with Gasteiger partial charge in [-0.2, -0.15) is 18.4 Å². The van der Waals surface area contributed by atoms with E-state index in [1.54, 1.807) is 19.1 Å². The second-order valence-corrected chi connectivity index (χ2v) is 3.06. The normalized spacial score (nSPS) is 11.1. The zero-order valence-corrected chi connectivity index (χ0v) is 7.52. The van der Waals surface area contributed by atoms with Crippen LogP contribution in [0.15, 0.2) is 18.2 Å². The van der Waals surface area contributed by atoms with Crippen molar-refractivity contribution in [3.63, 3.8) is 0 Å². The average Bonchev–Trinajstić information content (AvgIpc) is 2.06. The highest BCUT2D eigenvalue weighted by Gasteiger charge is 2.28. The molecule has 0 radical (unpaired) electrons. The second kappa shape index (κ2) is 3.70. The van der Waals surface area contributed by atoms with E-state index in [1.807, 2.05) is 0 Å². The summed E-state index contributed by atoms with van der Waals surface area (Å²) in [5, 5.41) is 8.62. The van der Waals surface area contributed by atoms with E-state index in [0.29, 0.717) is 0 Å². The van der Waals surface area contributed by atoms with Crippen LogP contribution in [0.1, 0.15) is 16.7 Å². The first-order valence-electron chi connectivity index (χ1n) is 3.99. The van der Waals surface area contributed by atoms with E-state index in [2.05, 4.69) is 0 Å². The predicted octanol–water partition coefficient (Wildman–Crippen LogP) is 2.97. The van der Waals surface area contributed by atoms with E-state index < -0.39 is 12.6 Å². The highest BCUT2D eigenvalue weighted by atomic mass is 19.4. The molecule has 0 aliphatic heterocycles. The topological polar surface area (TPSA) is 23.8 Å². The summed E-state index contributed by atoms with van der Waals surface area (Å²) in [5.41, 5.74) is 0.917. The molecule has 0 saturated carbocycles. The Morgan fingerprint density at radius 3 is 2.50 bits per heavy atom. The van der Waals surface area contributed by atoms with Crippen molar-refractivity contribution < 1.29 is 13.2 Å². The summed E-state index contributed by atoms with van der Waals surface area (Å²) in [6.45, 7) is 1.73. The highest BCUT2D eigenvalue weighted by Crippen LogP contribution is 2.23. The van der Waals surface area contributed by atoms with Gasteiger partial charge in [-0.05, 0) is 24.1 Å². The van der Waals surface area contributed by atoms with Gasteiger partial charge in [-0.1, -0.05) is 12.1 Å².